The van der Waals surface area contributed by atoms with Gasteiger partial charge in [-0.15, -0.1) is 0 Å². The van der Waals surface area contributed by atoms with Crippen LogP contribution in [0.15, 0.2) is 0 Å². The maximum absolute atomic E-state index is 11.5. The Morgan fingerprint density at radius 1 is 1.19 bits per heavy atom. The average molecular weight is 230 g/mol. The molecule has 0 aromatic heterocycles. The van der Waals surface area contributed by atoms with Crippen molar-refractivity contribution in [3.8, 4) is 0 Å². The highest BCUT2D eigenvalue weighted by atomic mass is 16.6. The molecule has 1 N–H and O–H groups in total. The summed E-state index contributed by atoms with van der Waals surface area (Å²) in [5.41, 5.74) is 6.31. The predicted molar refractivity (Wildman–Crippen MR) is 58.6 cm³/mol. The zero-order valence-electron chi connectivity index (χ0n) is 10.2. The summed E-state index contributed by atoms with van der Waals surface area (Å²) in [7, 11) is 0. The Labute approximate surface area is 96.3 Å². The Bertz CT molecular complexity index is 238. The fraction of sp³-hybridized carbons (Fsp3) is 0.818. The Hall–Kier alpha value is -1.10. The van der Waals surface area contributed by atoms with E-state index in [-0.39, 0.29) is 32.1 Å². The molecule has 0 heterocycles. The summed E-state index contributed by atoms with van der Waals surface area (Å²) in [6.07, 6.45) is 0.777. The summed E-state index contributed by atoms with van der Waals surface area (Å²) < 4.78 is 9.71. The van der Waals surface area contributed by atoms with Crippen LogP contribution in [0.25, 0.3) is 0 Å². The van der Waals surface area contributed by atoms with Crippen molar-refractivity contribution in [1.82, 2.24) is 5.73 Å². The standard InChI is InChI=1S/C11H20NO4/c1-4-11(2,3)10(14)16-8-7-15-9(13)5-6-12/h12H,4-8H2,1-3H3. The lowest BCUT2D eigenvalue weighted by Crippen LogP contribution is -2.27. The second-order valence-corrected chi connectivity index (χ2v) is 4.09. The van der Waals surface area contributed by atoms with Crippen LogP contribution in [0.3, 0.4) is 0 Å². The van der Waals surface area contributed by atoms with Gasteiger partial charge >= 0.3 is 11.9 Å². The van der Waals surface area contributed by atoms with Gasteiger partial charge in [0.2, 0.25) is 0 Å². The largest absolute Gasteiger partial charge is 0.462 e. The van der Waals surface area contributed by atoms with Crippen molar-refractivity contribution in [1.29, 1.82) is 0 Å². The Morgan fingerprint density at radius 2 is 1.75 bits per heavy atom. The number of rotatable bonds is 7. The molecule has 0 aromatic carbocycles. The molecule has 5 nitrogen and oxygen atoms in total. The van der Waals surface area contributed by atoms with Crippen LogP contribution in [0.1, 0.15) is 33.6 Å². The summed E-state index contributed by atoms with van der Waals surface area (Å²) >= 11 is 0. The first kappa shape index (κ1) is 14.9. The van der Waals surface area contributed by atoms with E-state index in [0.29, 0.717) is 6.42 Å². The van der Waals surface area contributed by atoms with Gasteiger partial charge in [0, 0.05) is 6.54 Å². The molecule has 0 aliphatic carbocycles. The summed E-state index contributed by atoms with van der Waals surface area (Å²) in [6.45, 7) is 5.68. The SMILES string of the molecule is CCC(C)(C)C(=O)OCCOC(=O)CC[NH]. The highest BCUT2D eigenvalue weighted by Crippen LogP contribution is 2.21. The number of carbonyl (C=O) groups excluding carboxylic acids is 2. The maximum Gasteiger partial charge on any atom is 0.311 e. The monoisotopic (exact) mass is 230 g/mol. The van der Waals surface area contributed by atoms with E-state index in [1.54, 1.807) is 13.8 Å². The van der Waals surface area contributed by atoms with Crippen molar-refractivity contribution in [2.75, 3.05) is 19.8 Å². The maximum atomic E-state index is 11.5. The smallest absolute Gasteiger partial charge is 0.311 e. The molecular formula is C11H20NO4. The number of hydrogen-bond acceptors (Lipinski definition) is 4. The number of esters is 2. The molecule has 0 spiro atoms. The quantitative estimate of drug-likeness (QED) is 0.486. The number of carbonyl (C=O) groups is 2. The summed E-state index contributed by atoms with van der Waals surface area (Å²) in [5.74, 6) is -0.715. The molecule has 0 rings (SSSR count). The highest BCUT2D eigenvalue weighted by Gasteiger charge is 2.26. The van der Waals surface area contributed by atoms with Crippen LogP contribution in [0.5, 0.6) is 0 Å². The van der Waals surface area contributed by atoms with Crippen molar-refractivity contribution < 1.29 is 19.1 Å². The molecular weight excluding hydrogens is 210 g/mol. The molecule has 0 saturated carbocycles. The summed E-state index contributed by atoms with van der Waals surface area (Å²) in [6, 6.07) is 0. The van der Waals surface area contributed by atoms with Gasteiger partial charge in [0.1, 0.15) is 13.2 Å². The molecule has 16 heavy (non-hydrogen) atoms. The summed E-state index contributed by atoms with van der Waals surface area (Å²) in [5, 5.41) is 0. The van der Waals surface area contributed by atoms with Crippen LogP contribution in [-0.4, -0.2) is 31.7 Å². The average Bonchev–Trinajstić information content (AvgIpc) is 2.24. The molecule has 5 heteroatoms. The third-order valence-electron chi connectivity index (χ3n) is 2.35. The predicted octanol–water partition coefficient (Wildman–Crippen LogP) is 1.18. The molecule has 0 fully saturated rings. The van der Waals surface area contributed by atoms with E-state index in [4.69, 9.17) is 15.2 Å². The topological polar surface area (TPSA) is 76.4 Å². The zero-order chi connectivity index (χ0) is 12.6. The van der Waals surface area contributed by atoms with Gasteiger partial charge in [-0.2, -0.15) is 0 Å². The molecule has 0 atom stereocenters. The van der Waals surface area contributed by atoms with E-state index in [0.717, 1.165) is 0 Å². The van der Waals surface area contributed by atoms with Crippen molar-refractivity contribution in [3.05, 3.63) is 0 Å². The third-order valence-corrected chi connectivity index (χ3v) is 2.35. The summed E-state index contributed by atoms with van der Waals surface area (Å²) in [4.78, 5) is 22.3. The van der Waals surface area contributed by atoms with Crippen LogP contribution < -0.4 is 5.73 Å². The van der Waals surface area contributed by atoms with Gasteiger partial charge in [-0.25, -0.2) is 0 Å². The minimum atomic E-state index is -0.495. The van der Waals surface area contributed by atoms with E-state index in [9.17, 15) is 9.59 Å². The lowest BCUT2D eigenvalue weighted by Gasteiger charge is -2.20. The van der Waals surface area contributed by atoms with Crippen molar-refractivity contribution in [2.45, 2.75) is 33.6 Å². The molecule has 0 unspecified atom stereocenters. The number of ether oxygens (including phenoxy) is 2. The molecule has 0 amide bonds. The molecule has 1 radical (unpaired) electrons. The van der Waals surface area contributed by atoms with E-state index in [2.05, 4.69) is 0 Å². The van der Waals surface area contributed by atoms with Crippen LogP contribution in [0.2, 0.25) is 0 Å². The van der Waals surface area contributed by atoms with E-state index >= 15 is 0 Å². The lowest BCUT2D eigenvalue weighted by atomic mass is 9.91. The van der Waals surface area contributed by atoms with Crippen molar-refractivity contribution in [2.24, 2.45) is 5.41 Å². The number of nitrogens with one attached hydrogen (secondary N) is 1. The van der Waals surface area contributed by atoms with Gasteiger partial charge < -0.3 is 9.47 Å². The fourth-order valence-electron chi connectivity index (χ4n) is 0.804. The van der Waals surface area contributed by atoms with Gasteiger partial charge in [-0.1, -0.05) is 6.92 Å². The first-order valence-electron chi connectivity index (χ1n) is 5.41. The van der Waals surface area contributed by atoms with Crippen LogP contribution in [0, 0.1) is 5.41 Å². The fourth-order valence-corrected chi connectivity index (χ4v) is 0.804. The van der Waals surface area contributed by atoms with Gasteiger partial charge in [0.25, 0.3) is 0 Å². The van der Waals surface area contributed by atoms with Gasteiger partial charge in [0.05, 0.1) is 11.8 Å². The van der Waals surface area contributed by atoms with Crippen LogP contribution in [0.4, 0.5) is 0 Å². The lowest BCUT2D eigenvalue weighted by molar-refractivity contribution is -0.159. The normalized spacial score (nSPS) is 11.0. The van der Waals surface area contributed by atoms with Gasteiger partial charge in [0.15, 0.2) is 0 Å². The molecule has 0 saturated heterocycles. The molecule has 0 aromatic rings. The Morgan fingerprint density at radius 3 is 2.25 bits per heavy atom. The number of hydrogen-bond donors (Lipinski definition) is 0. The highest BCUT2D eigenvalue weighted by molar-refractivity contribution is 5.75. The first-order valence-corrected chi connectivity index (χ1v) is 5.41. The minimum Gasteiger partial charge on any atom is -0.462 e. The second-order valence-electron chi connectivity index (χ2n) is 4.09. The second kappa shape index (κ2) is 7.22. The van der Waals surface area contributed by atoms with Gasteiger partial charge in [-0.3, -0.25) is 15.3 Å². The third kappa shape index (κ3) is 5.70. The Kier molecular flexibility index (Phi) is 6.72. The first-order chi connectivity index (χ1) is 7.44. The Balaban J connectivity index is 3.67. The minimum absolute atomic E-state index is 0.0154. The van der Waals surface area contributed by atoms with E-state index in [1.807, 2.05) is 6.92 Å². The van der Waals surface area contributed by atoms with Crippen molar-refractivity contribution in [3.63, 3.8) is 0 Å². The van der Waals surface area contributed by atoms with E-state index in [1.165, 1.54) is 0 Å². The zero-order valence-corrected chi connectivity index (χ0v) is 10.2. The van der Waals surface area contributed by atoms with Crippen LogP contribution in [-0.2, 0) is 19.1 Å². The molecule has 0 aliphatic rings. The van der Waals surface area contributed by atoms with Gasteiger partial charge in [-0.05, 0) is 20.3 Å². The molecule has 0 bridgehead atoms. The van der Waals surface area contributed by atoms with Crippen molar-refractivity contribution >= 4 is 11.9 Å². The van der Waals surface area contributed by atoms with Crippen LogP contribution >= 0.6 is 0 Å². The molecule has 0 aliphatic heterocycles. The van der Waals surface area contributed by atoms with E-state index < -0.39 is 11.4 Å². The molecule has 93 valence electrons.